The van der Waals surface area contributed by atoms with Gasteiger partial charge in [-0.2, -0.15) is 0 Å². The van der Waals surface area contributed by atoms with E-state index in [1.807, 2.05) is 0 Å². The molecule has 0 spiro atoms. The first-order valence-corrected chi connectivity index (χ1v) is 24.5. The highest BCUT2D eigenvalue weighted by Gasteiger charge is 2.40. The Labute approximate surface area is 432 Å². The molecule has 2 heterocycles. The molecule has 75 heavy (non-hydrogen) atoms. The maximum absolute atomic E-state index is 14.1. The van der Waals surface area contributed by atoms with Crippen LogP contribution < -0.4 is 49.1 Å². The Morgan fingerprint density at radius 1 is 0.773 bits per heavy atom. The van der Waals surface area contributed by atoms with E-state index < -0.39 is 133 Å². The van der Waals surface area contributed by atoms with Crippen LogP contribution in [-0.2, 0) is 56.0 Å². The van der Waals surface area contributed by atoms with Gasteiger partial charge in [-0.3, -0.25) is 43.3 Å². The van der Waals surface area contributed by atoms with E-state index in [1.165, 1.54) is 24.0 Å². The fourth-order valence-corrected chi connectivity index (χ4v) is 8.39. The molecule has 1 saturated heterocycles. The Balaban J connectivity index is 1.52. The molecule has 0 bridgehead atoms. The number of aromatic hydroxyl groups is 1. The fraction of sp³-hybridized carbons (Fsp3) is 0.510. The number of hydrogen-bond donors (Lipinski definition) is 15. The van der Waals surface area contributed by atoms with E-state index >= 15 is 0 Å². The molecule has 1 aromatic heterocycles. The largest absolute Gasteiger partial charge is 0.508 e. The van der Waals surface area contributed by atoms with E-state index in [0.717, 1.165) is 0 Å². The number of aliphatic carboxylic acids is 2. The Morgan fingerprint density at radius 3 is 2.01 bits per heavy atom. The number of aliphatic hydroxyl groups is 2. The van der Waals surface area contributed by atoms with Crippen molar-refractivity contribution >= 4 is 70.2 Å². The van der Waals surface area contributed by atoms with Gasteiger partial charge in [-0.1, -0.05) is 50.6 Å². The van der Waals surface area contributed by atoms with Crippen molar-refractivity contribution in [1.29, 1.82) is 0 Å². The summed E-state index contributed by atoms with van der Waals surface area (Å²) in [6, 6.07) is 1.39. The van der Waals surface area contributed by atoms with Gasteiger partial charge < -0.3 is 84.5 Å². The zero-order chi connectivity index (χ0) is 55.5. The number of nitrogens with one attached hydrogen (secondary N) is 7. The van der Waals surface area contributed by atoms with E-state index in [2.05, 4.69) is 41.9 Å². The summed E-state index contributed by atoms with van der Waals surface area (Å²) in [5.41, 5.74) is 18.7. The molecule has 26 nitrogen and oxygen atoms in total. The summed E-state index contributed by atoms with van der Waals surface area (Å²) in [6.07, 6.45) is -0.284. The zero-order valence-electron chi connectivity index (χ0n) is 42.0. The van der Waals surface area contributed by atoms with Gasteiger partial charge in [0, 0.05) is 43.0 Å². The summed E-state index contributed by atoms with van der Waals surface area (Å²) >= 11 is 0. The number of likely N-dealkylation sites (tertiary alicyclic amines) is 1. The second-order valence-corrected chi connectivity index (χ2v) is 18.5. The number of hydrogen-bond acceptors (Lipinski definition) is 14. The number of carboxylic acid groups (broad SMARTS) is 2. The summed E-state index contributed by atoms with van der Waals surface area (Å²) in [5.74, 6) is -10.1. The smallest absolute Gasteiger partial charge is 0.326 e. The fourth-order valence-electron chi connectivity index (χ4n) is 8.39. The van der Waals surface area contributed by atoms with E-state index in [4.69, 9.17) is 17.2 Å². The number of H-pyrrole nitrogens is 1. The van der Waals surface area contributed by atoms with Crippen molar-refractivity contribution < 1.29 is 68.7 Å². The summed E-state index contributed by atoms with van der Waals surface area (Å²) in [7, 11) is 0. The summed E-state index contributed by atoms with van der Waals surface area (Å²) < 4.78 is 0. The van der Waals surface area contributed by atoms with Crippen molar-refractivity contribution in [2.24, 2.45) is 28.1 Å². The lowest BCUT2D eigenvalue weighted by Crippen LogP contribution is -2.62. The van der Waals surface area contributed by atoms with Gasteiger partial charge in [0.1, 0.15) is 48.0 Å². The number of aliphatic imine (C=N–C) groups is 1. The van der Waals surface area contributed by atoms with Crippen molar-refractivity contribution in [3.8, 4) is 5.75 Å². The van der Waals surface area contributed by atoms with Crippen LogP contribution in [0.4, 0.5) is 0 Å². The summed E-state index contributed by atoms with van der Waals surface area (Å²) in [6.45, 7) is 3.65. The molecule has 0 unspecified atom stereocenters. The molecule has 4 rings (SSSR count). The van der Waals surface area contributed by atoms with Crippen LogP contribution in [0.2, 0.25) is 0 Å². The van der Waals surface area contributed by atoms with Crippen molar-refractivity contribution in [2.45, 2.75) is 133 Å². The Hall–Kier alpha value is -7.84. The SMILES string of the molecule is CC[C@H](C)[C@H](NC(=O)[C@H](CCC(=O)O)NC(=O)[C@@H]1CCCN1C(=O)[C@@H](N)Cc1ccc(O)cc1)C(=O)N[C@@H](CO)C(=O)N[C@@H](Cc1c[nH]c2ccccc12)C(=O)N[C@H](C(=O)N[C@@H](CCCN=C(N)N)C(=O)O)[C@@H](C)O. The molecule has 2 aromatic carbocycles. The molecule has 7 amide bonds. The normalized spacial score (nSPS) is 16.8. The lowest BCUT2D eigenvalue weighted by molar-refractivity contribution is -0.143. The predicted octanol–water partition coefficient (Wildman–Crippen LogP) is -2.69. The average Bonchev–Trinajstić information content (AvgIpc) is 4.03. The molecule has 410 valence electrons. The van der Waals surface area contributed by atoms with Gasteiger partial charge in [0.05, 0.1) is 18.8 Å². The number of nitrogens with two attached hydrogens (primary N) is 3. The van der Waals surface area contributed by atoms with E-state index in [9.17, 15) is 68.7 Å². The number of phenolic OH excluding ortho intramolecular Hbond substituents is 1. The second kappa shape index (κ2) is 28.6. The number of carbonyl (C=O) groups is 9. The van der Waals surface area contributed by atoms with Crippen LogP contribution >= 0.6 is 0 Å². The Kier molecular flexibility index (Phi) is 22.7. The highest BCUT2D eigenvalue weighted by atomic mass is 16.4. The van der Waals surface area contributed by atoms with E-state index in [0.29, 0.717) is 28.5 Å². The van der Waals surface area contributed by atoms with Gasteiger partial charge in [0.15, 0.2) is 5.96 Å². The number of rotatable bonds is 29. The average molecular weight is 1050 g/mol. The van der Waals surface area contributed by atoms with Crippen LogP contribution in [-0.4, -0.2) is 169 Å². The van der Waals surface area contributed by atoms with Crippen LogP contribution in [0.5, 0.6) is 5.75 Å². The molecular formula is C49H70N12O14. The maximum atomic E-state index is 14.1. The van der Waals surface area contributed by atoms with Gasteiger partial charge in [-0.05, 0) is 80.7 Å². The number of phenols is 1. The number of guanidine groups is 1. The number of amides is 7. The van der Waals surface area contributed by atoms with Gasteiger partial charge in [0.2, 0.25) is 41.4 Å². The maximum Gasteiger partial charge on any atom is 0.326 e. The number of carbonyl (C=O) groups excluding carboxylic acids is 7. The molecule has 0 radical (unpaired) electrons. The molecule has 0 aliphatic carbocycles. The number of carboxylic acids is 2. The van der Waals surface area contributed by atoms with Crippen LogP contribution in [0.1, 0.15) is 76.8 Å². The molecule has 1 aliphatic rings. The second-order valence-electron chi connectivity index (χ2n) is 18.5. The van der Waals surface area contributed by atoms with Crippen LogP contribution in [0, 0.1) is 5.92 Å². The molecule has 18 N–H and O–H groups in total. The zero-order valence-corrected chi connectivity index (χ0v) is 42.0. The number of para-hydroxylation sites is 1. The first-order chi connectivity index (χ1) is 35.5. The molecule has 1 fully saturated rings. The number of fused-ring (bicyclic) bond motifs is 1. The third-order valence-corrected chi connectivity index (χ3v) is 12.8. The van der Waals surface area contributed by atoms with E-state index in [-0.39, 0.29) is 63.3 Å². The molecule has 1 aliphatic heterocycles. The van der Waals surface area contributed by atoms with Gasteiger partial charge in [0.25, 0.3) is 0 Å². The van der Waals surface area contributed by atoms with Crippen LogP contribution in [0.15, 0.2) is 59.7 Å². The highest BCUT2D eigenvalue weighted by Crippen LogP contribution is 2.22. The molecular weight excluding hydrogens is 981 g/mol. The number of aliphatic hydroxyl groups excluding tert-OH is 2. The van der Waals surface area contributed by atoms with Crippen molar-refractivity contribution in [3.63, 3.8) is 0 Å². The lowest BCUT2D eigenvalue weighted by Gasteiger charge is -2.30. The minimum absolute atomic E-state index is 0.0254. The Morgan fingerprint density at radius 2 is 1.39 bits per heavy atom. The minimum atomic E-state index is -1.78. The first kappa shape index (κ1) is 59.7. The van der Waals surface area contributed by atoms with E-state index in [1.54, 1.807) is 56.4 Å². The third-order valence-electron chi connectivity index (χ3n) is 12.8. The standard InChI is InChI=1S/C49H70N12O14/c1-4-25(2)39(59-41(67)33(17-18-38(65)66)55-44(70)37-12-8-20-61(37)47(73)31(50)21-27-13-15-29(64)16-14-27)45(71)58-36(24-62)43(69)57-35(22-28-23-54-32-10-6-5-9-30(28)32)42(68)60-40(26(3)63)46(72)56-34(48(74)75)11-7-19-53-49(51)52/h5-6,9-10,13-16,23,25-26,31,33-37,39-40,54,62-64H,4,7-8,11-12,17-22,24,50H2,1-3H3,(H,55,70)(H,56,72)(H,57,69)(H,58,71)(H,59,67)(H,60,68)(H,65,66)(H,74,75)(H4,51,52,53)/t25-,26+,31-,33-,34-,35-,36-,37-,39-,40-/m0/s1. The third kappa shape index (κ3) is 17.7. The number of benzene rings is 2. The van der Waals surface area contributed by atoms with Crippen LogP contribution in [0.3, 0.4) is 0 Å². The van der Waals surface area contributed by atoms with Crippen molar-refractivity contribution in [3.05, 3.63) is 65.9 Å². The quantitative estimate of drug-likeness (QED) is 0.0191. The summed E-state index contributed by atoms with van der Waals surface area (Å²) in [4.78, 5) is 129. The monoisotopic (exact) mass is 1050 g/mol. The predicted molar refractivity (Wildman–Crippen MR) is 271 cm³/mol. The summed E-state index contributed by atoms with van der Waals surface area (Å²) in [5, 5.41) is 65.4. The molecule has 0 saturated carbocycles. The van der Waals surface area contributed by atoms with Gasteiger partial charge in [-0.25, -0.2) is 4.79 Å². The van der Waals surface area contributed by atoms with Crippen LogP contribution in [0.25, 0.3) is 10.9 Å². The number of aromatic nitrogens is 1. The van der Waals surface area contributed by atoms with Crippen molar-refractivity contribution in [2.75, 3.05) is 19.7 Å². The molecule has 3 aromatic rings. The Bertz CT molecular complexity index is 2520. The topological polar surface area (TPSA) is 436 Å². The first-order valence-electron chi connectivity index (χ1n) is 24.5. The highest BCUT2D eigenvalue weighted by molar-refractivity contribution is 5.98. The number of nitrogens with zero attached hydrogens (tertiary/aromatic N) is 2. The van der Waals surface area contributed by atoms with Crippen molar-refractivity contribution in [1.82, 2.24) is 41.8 Å². The number of aromatic amines is 1. The minimum Gasteiger partial charge on any atom is -0.508 e. The lowest BCUT2D eigenvalue weighted by atomic mass is 9.97. The molecule has 10 atom stereocenters. The molecule has 26 heteroatoms. The van der Waals surface area contributed by atoms with Gasteiger partial charge >= 0.3 is 11.9 Å². The van der Waals surface area contributed by atoms with Gasteiger partial charge in [-0.15, -0.1) is 0 Å².